The molecule has 0 bridgehead atoms. The van der Waals surface area contributed by atoms with E-state index in [9.17, 15) is 0 Å². The van der Waals surface area contributed by atoms with Gasteiger partial charge in [0.2, 0.25) is 0 Å². The minimum Gasteiger partial charge on any atom is -0.329 e. The highest BCUT2D eigenvalue weighted by atomic mass is 15.3. The van der Waals surface area contributed by atoms with E-state index < -0.39 is 0 Å². The molecule has 0 amide bonds. The maximum atomic E-state index is 6.03. The second-order valence-corrected chi connectivity index (χ2v) is 5.49. The molecule has 96 valence electrons. The highest BCUT2D eigenvalue weighted by Crippen LogP contribution is 2.24. The van der Waals surface area contributed by atoms with Crippen molar-refractivity contribution in [1.82, 2.24) is 14.7 Å². The van der Waals surface area contributed by atoms with Crippen molar-refractivity contribution < 1.29 is 0 Å². The van der Waals surface area contributed by atoms with Gasteiger partial charge in [0.05, 0.1) is 0 Å². The zero-order valence-corrected chi connectivity index (χ0v) is 11.4. The van der Waals surface area contributed by atoms with Gasteiger partial charge in [0.1, 0.15) is 0 Å². The Balaban J connectivity index is 2.56. The predicted octanol–water partition coefficient (Wildman–Crippen LogP) is -0.0971. The van der Waals surface area contributed by atoms with Crippen LogP contribution in [0.1, 0.15) is 12.8 Å². The molecular weight excluding hydrogens is 200 g/mol. The number of hydrogen-bond acceptors (Lipinski definition) is 4. The molecule has 1 fully saturated rings. The van der Waals surface area contributed by atoms with E-state index in [1.165, 1.54) is 19.4 Å². The summed E-state index contributed by atoms with van der Waals surface area (Å²) in [5.74, 6) is 0. The van der Waals surface area contributed by atoms with E-state index in [2.05, 4.69) is 42.9 Å². The van der Waals surface area contributed by atoms with Gasteiger partial charge in [0, 0.05) is 31.7 Å². The summed E-state index contributed by atoms with van der Waals surface area (Å²) >= 11 is 0. The van der Waals surface area contributed by atoms with Crippen LogP contribution in [0.15, 0.2) is 0 Å². The smallest absolute Gasteiger partial charge is 0.0456 e. The number of nitrogens with two attached hydrogens (primary N) is 1. The van der Waals surface area contributed by atoms with Crippen molar-refractivity contribution in [2.45, 2.75) is 18.4 Å². The maximum Gasteiger partial charge on any atom is 0.0456 e. The fraction of sp³-hybridized carbons (Fsp3) is 1.00. The van der Waals surface area contributed by atoms with E-state index in [4.69, 9.17) is 5.73 Å². The Labute approximate surface area is 100 Å². The molecular formula is C12H28N4. The molecule has 0 radical (unpaired) electrons. The SMILES string of the molecule is CN(C)CCN(C)C1(CN)CCCN(C)C1. The van der Waals surface area contributed by atoms with E-state index in [1.807, 2.05) is 0 Å². The van der Waals surface area contributed by atoms with Crippen molar-refractivity contribution in [3.05, 3.63) is 0 Å². The number of likely N-dealkylation sites (tertiary alicyclic amines) is 1. The van der Waals surface area contributed by atoms with Crippen LogP contribution in [0, 0.1) is 0 Å². The van der Waals surface area contributed by atoms with Gasteiger partial charge >= 0.3 is 0 Å². The van der Waals surface area contributed by atoms with Crippen molar-refractivity contribution in [2.75, 3.05) is 60.9 Å². The molecule has 0 spiro atoms. The zero-order valence-electron chi connectivity index (χ0n) is 11.4. The molecule has 2 N–H and O–H groups in total. The van der Waals surface area contributed by atoms with E-state index >= 15 is 0 Å². The lowest BCUT2D eigenvalue weighted by Crippen LogP contribution is -2.61. The lowest BCUT2D eigenvalue weighted by atomic mass is 9.87. The van der Waals surface area contributed by atoms with Crippen LogP contribution in [0.4, 0.5) is 0 Å². The van der Waals surface area contributed by atoms with Crippen molar-refractivity contribution >= 4 is 0 Å². The van der Waals surface area contributed by atoms with Crippen molar-refractivity contribution in [3.8, 4) is 0 Å². The first-order valence-electron chi connectivity index (χ1n) is 6.25. The first kappa shape index (κ1) is 13.9. The molecule has 4 nitrogen and oxygen atoms in total. The third-order valence-corrected chi connectivity index (χ3v) is 3.82. The zero-order chi connectivity index (χ0) is 12.2. The van der Waals surface area contributed by atoms with Crippen molar-refractivity contribution in [1.29, 1.82) is 0 Å². The Morgan fingerprint density at radius 1 is 1.25 bits per heavy atom. The Morgan fingerprint density at radius 3 is 2.44 bits per heavy atom. The van der Waals surface area contributed by atoms with Crippen LogP contribution in [0.3, 0.4) is 0 Å². The lowest BCUT2D eigenvalue weighted by Gasteiger charge is -2.47. The average molecular weight is 228 g/mol. The van der Waals surface area contributed by atoms with Crippen LogP contribution < -0.4 is 5.73 Å². The van der Waals surface area contributed by atoms with E-state index in [1.54, 1.807) is 0 Å². The molecule has 0 aromatic carbocycles. The summed E-state index contributed by atoms with van der Waals surface area (Å²) in [4.78, 5) is 7.10. The minimum absolute atomic E-state index is 0.197. The normalized spacial score (nSPS) is 27.9. The summed E-state index contributed by atoms with van der Waals surface area (Å²) in [6.45, 7) is 5.28. The standard InChI is InChI=1S/C12H28N4/c1-14(2)8-9-16(4)12(10-13)6-5-7-15(3)11-12/h5-11,13H2,1-4H3. The van der Waals surface area contributed by atoms with Crippen LogP contribution in [0.5, 0.6) is 0 Å². The van der Waals surface area contributed by atoms with E-state index in [-0.39, 0.29) is 5.54 Å². The largest absolute Gasteiger partial charge is 0.329 e. The van der Waals surface area contributed by atoms with Crippen molar-refractivity contribution in [2.24, 2.45) is 5.73 Å². The molecule has 1 rings (SSSR count). The van der Waals surface area contributed by atoms with Gasteiger partial charge in [0.15, 0.2) is 0 Å². The molecule has 1 atom stereocenters. The summed E-state index contributed by atoms with van der Waals surface area (Å²) in [7, 11) is 8.66. The number of likely N-dealkylation sites (N-methyl/N-ethyl adjacent to an activating group) is 3. The summed E-state index contributed by atoms with van der Waals surface area (Å²) < 4.78 is 0. The molecule has 0 aliphatic carbocycles. The van der Waals surface area contributed by atoms with E-state index in [0.29, 0.717) is 0 Å². The van der Waals surface area contributed by atoms with Gasteiger partial charge in [0.25, 0.3) is 0 Å². The van der Waals surface area contributed by atoms with Crippen LogP contribution in [-0.4, -0.2) is 81.2 Å². The van der Waals surface area contributed by atoms with E-state index in [0.717, 1.165) is 26.2 Å². The first-order chi connectivity index (χ1) is 7.50. The van der Waals surface area contributed by atoms with Gasteiger partial charge in [-0.3, -0.25) is 4.90 Å². The number of nitrogens with zero attached hydrogens (tertiary/aromatic N) is 3. The summed E-state index contributed by atoms with van der Waals surface area (Å²) in [6, 6.07) is 0. The Hall–Kier alpha value is -0.160. The maximum absolute atomic E-state index is 6.03. The van der Waals surface area contributed by atoms with Crippen LogP contribution in [-0.2, 0) is 0 Å². The monoisotopic (exact) mass is 228 g/mol. The van der Waals surface area contributed by atoms with Crippen LogP contribution in [0.2, 0.25) is 0 Å². The Bertz CT molecular complexity index is 207. The molecule has 4 heteroatoms. The highest BCUT2D eigenvalue weighted by Gasteiger charge is 2.36. The summed E-state index contributed by atoms with van der Waals surface area (Å²) in [5, 5.41) is 0. The highest BCUT2D eigenvalue weighted by molar-refractivity contribution is 4.95. The minimum atomic E-state index is 0.197. The summed E-state index contributed by atoms with van der Waals surface area (Å²) in [6.07, 6.45) is 2.50. The molecule has 1 aliphatic heterocycles. The van der Waals surface area contributed by atoms with Crippen LogP contribution >= 0.6 is 0 Å². The van der Waals surface area contributed by atoms with Crippen LogP contribution in [0.25, 0.3) is 0 Å². The van der Waals surface area contributed by atoms with Crippen molar-refractivity contribution in [3.63, 3.8) is 0 Å². The second-order valence-electron chi connectivity index (χ2n) is 5.49. The molecule has 1 aliphatic rings. The van der Waals surface area contributed by atoms with Gasteiger partial charge in [-0.05, 0) is 47.6 Å². The number of piperidine rings is 1. The van der Waals surface area contributed by atoms with Gasteiger partial charge < -0.3 is 15.5 Å². The molecule has 1 unspecified atom stereocenters. The quantitative estimate of drug-likeness (QED) is 0.713. The van der Waals surface area contributed by atoms with Gasteiger partial charge in [-0.1, -0.05) is 0 Å². The fourth-order valence-electron chi connectivity index (χ4n) is 2.56. The van der Waals surface area contributed by atoms with Gasteiger partial charge in [-0.15, -0.1) is 0 Å². The Kier molecular flexibility index (Phi) is 5.18. The molecule has 1 heterocycles. The van der Waals surface area contributed by atoms with Gasteiger partial charge in [-0.2, -0.15) is 0 Å². The molecule has 0 saturated carbocycles. The summed E-state index contributed by atoms with van der Waals surface area (Å²) in [5.41, 5.74) is 6.22. The molecule has 1 saturated heterocycles. The Morgan fingerprint density at radius 2 is 1.94 bits per heavy atom. The molecule has 0 aromatic rings. The predicted molar refractivity (Wildman–Crippen MR) is 69.7 cm³/mol. The lowest BCUT2D eigenvalue weighted by molar-refractivity contribution is 0.0412. The molecule has 16 heavy (non-hydrogen) atoms. The third kappa shape index (κ3) is 3.42. The average Bonchev–Trinajstić information content (AvgIpc) is 2.25. The number of rotatable bonds is 5. The first-order valence-corrected chi connectivity index (χ1v) is 6.25. The molecule has 0 aromatic heterocycles. The number of hydrogen-bond donors (Lipinski definition) is 1. The third-order valence-electron chi connectivity index (χ3n) is 3.82. The topological polar surface area (TPSA) is 35.7 Å². The van der Waals surface area contributed by atoms with Gasteiger partial charge in [-0.25, -0.2) is 0 Å². The second kappa shape index (κ2) is 5.96. The fourth-order valence-corrected chi connectivity index (χ4v) is 2.56.